The van der Waals surface area contributed by atoms with Crippen LogP contribution in [-0.4, -0.2) is 14.9 Å². The van der Waals surface area contributed by atoms with E-state index >= 15 is 0 Å². The molecule has 1 aromatic carbocycles. The highest BCUT2D eigenvalue weighted by Gasteiger charge is 2.13. The van der Waals surface area contributed by atoms with Crippen LogP contribution in [-0.2, 0) is 13.7 Å². The Labute approximate surface area is 104 Å². The van der Waals surface area contributed by atoms with E-state index in [1.165, 1.54) is 0 Å². The summed E-state index contributed by atoms with van der Waals surface area (Å²) in [5.74, 6) is 1.25. The fraction of sp³-hybridized carbons (Fsp3) is 0.250. The van der Waals surface area contributed by atoms with Crippen molar-refractivity contribution in [3.05, 3.63) is 40.5 Å². The van der Waals surface area contributed by atoms with Crippen LogP contribution in [0.3, 0.4) is 0 Å². The molecule has 0 spiro atoms. The summed E-state index contributed by atoms with van der Waals surface area (Å²) >= 11 is 5.88. The molecular formula is C12H13ClN2O2. The first-order valence-electron chi connectivity index (χ1n) is 5.18. The molecule has 4 nitrogen and oxygen atoms in total. The van der Waals surface area contributed by atoms with Gasteiger partial charge in [0.25, 0.3) is 0 Å². The Bertz CT molecular complexity index is 537. The fourth-order valence-corrected chi connectivity index (χ4v) is 1.78. The third-order valence-electron chi connectivity index (χ3n) is 2.48. The number of hydrogen-bond donors (Lipinski definition) is 1. The van der Waals surface area contributed by atoms with Crippen LogP contribution in [0.4, 0.5) is 0 Å². The van der Waals surface area contributed by atoms with E-state index in [-0.39, 0.29) is 6.61 Å². The zero-order valence-electron chi connectivity index (χ0n) is 9.64. The normalized spacial score (nSPS) is 10.6. The van der Waals surface area contributed by atoms with E-state index in [9.17, 15) is 0 Å². The molecule has 0 amide bonds. The van der Waals surface area contributed by atoms with Gasteiger partial charge in [-0.25, -0.2) is 4.68 Å². The number of benzene rings is 1. The molecule has 90 valence electrons. The van der Waals surface area contributed by atoms with Gasteiger partial charge in [-0.3, -0.25) is 0 Å². The van der Waals surface area contributed by atoms with Gasteiger partial charge >= 0.3 is 0 Å². The number of aromatic nitrogens is 2. The van der Waals surface area contributed by atoms with Crippen LogP contribution in [0.1, 0.15) is 11.3 Å². The van der Waals surface area contributed by atoms with Gasteiger partial charge in [0.1, 0.15) is 5.75 Å². The van der Waals surface area contributed by atoms with Crippen LogP contribution in [0.15, 0.2) is 24.3 Å². The Kier molecular flexibility index (Phi) is 3.36. The second kappa shape index (κ2) is 4.77. The van der Waals surface area contributed by atoms with E-state index in [4.69, 9.17) is 21.4 Å². The lowest BCUT2D eigenvalue weighted by atomic mass is 10.3. The summed E-state index contributed by atoms with van der Waals surface area (Å²) in [5.41, 5.74) is 1.44. The molecule has 1 aromatic heterocycles. The minimum Gasteiger partial charge on any atom is -0.439 e. The minimum absolute atomic E-state index is 0.0986. The number of nitrogens with zero attached hydrogens (tertiary/aromatic N) is 2. The molecule has 1 N–H and O–H groups in total. The Hall–Kier alpha value is -1.52. The van der Waals surface area contributed by atoms with Crippen molar-refractivity contribution in [1.82, 2.24) is 9.78 Å². The minimum atomic E-state index is -0.0986. The lowest BCUT2D eigenvalue weighted by Crippen LogP contribution is -1.95. The molecule has 0 bridgehead atoms. The molecule has 0 saturated heterocycles. The lowest BCUT2D eigenvalue weighted by Gasteiger charge is -2.06. The van der Waals surface area contributed by atoms with Crippen molar-refractivity contribution >= 4 is 11.6 Å². The average Bonchev–Trinajstić information content (AvgIpc) is 2.56. The third-order valence-corrected chi connectivity index (χ3v) is 2.71. The summed E-state index contributed by atoms with van der Waals surface area (Å²) in [6.07, 6.45) is 0. The molecule has 17 heavy (non-hydrogen) atoms. The fourth-order valence-electron chi connectivity index (χ4n) is 1.60. The highest BCUT2D eigenvalue weighted by Crippen LogP contribution is 2.28. The standard InChI is InChI=1S/C12H13ClN2O2/c1-8-11(7-16)14-15(2)12(8)17-10-5-3-4-9(13)6-10/h3-6,16H,7H2,1-2H3. The van der Waals surface area contributed by atoms with Crippen LogP contribution in [0.2, 0.25) is 5.02 Å². The average molecular weight is 253 g/mol. The van der Waals surface area contributed by atoms with E-state index in [0.29, 0.717) is 22.3 Å². The number of aliphatic hydroxyl groups is 1. The van der Waals surface area contributed by atoms with Gasteiger partial charge in [-0.1, -0.05) is 17.7 Å². The van der Waals surface area contributed by atoms with E-state index < -0.39 is 0 Å². The third kappa shape index (κ3) is 2.43. The second-order valence-electron chi connectivity index (χ2n) is 3.72. The van der Waals surface area contributed by atoms with Crippen molar-refractivity contribution in [3.63, 3.8) is 0 Å². The van der Waals surface area contributed by atoms with Crippen LogP contribution in [0, 0.1) is 6.92 Å². The Balaban J connectivity index is 2.33. The van der Waals surface area contributed by atoms with E-state index in [0.717, 1.165) is 5.56 Å². The van der Waals surface area contributed by atoms with Crippen molar-refractivity contribution in [2.45, 2.75) is 13.5 Å². The van der Waals surface area contributed by atoms with Crippen LogP contribution in [0.25, 0.3) is 0 Å². The van der Waals surface area contributed by atoms with E-state index in [2.05, 4.69) is 5.10 Å². The van der Waals surface area contributed by atoms with Crippen molar-refractivity contribution in [3.8, 4) is 11.6 Å². The molecule has 0 aliphatic carbocycles. The van der Waals surface area contributed by atoms with Crippen molar-refractivity contribution < 1.29 is 9.84 Å². The van der Waals surface area contributed by atoms with Gasteiger partial charge < -0.3 is 9.84 Å². The molecule has 5 heteroatoms. The molecule has 1 heterocycles. The predicted octanol–water partition coefficient (Wildman–Crippen LogP) is 2.67. The summed E-state index contributed by atoms with van der Waals surface area (Å²) in [7, 11) is 1.77. The molecule has 2 aromatic rings. The van der Waals surface area contributed by atoms with E-state index in [1.54, 1.807) is 23.9 Å². The highest BCUT2D eigenvalue weighted by atomic mass is 35.5. The molecule has 0 aliphatic rings. The summed E-state index contributed by atoms with van der Waals surface area (Å²) in [6, 6.07) is 7.14. The number of halogens is 1. The van der Waals surface area contributed by atoms with Crippen LogP contribution in [0.5, 0.6) is 11.6 Å². The van der Waals surface area contributed by atoms with Gasteiger partial charge in [0.2, 0.25) is 5.88 Å². The second-order valence-corrected chi connectivity index (χ2v) is 4.15. The van der Waals surface area contributed by atoms with Crippen molar-refractivity contribution in [2.24, 2.45) is 7.05 Å². The smallest absolute Gasteiger partial charge is 0.220 e. The molecular weight excluding hydrogens is 240 g/mol. The number of aliphatic hydroxyl groups excluding tert-OH is 1. The Morgan fingerprint density at radius 1 is 1.47 bits per heavy atom. The number of hydrogen-bond acceptors (Lipinski definition) is 3. The largest absolute Gasteiger partial charge is 0.439 e. The quantitative estimate of drug-likeness (QED) is 0.914. The first-order valence-corrected chi connectivity index (χ1v) is 5.56. The first-order chi connectivity index (χ1) is 8.11. The van der Waals surface area contributed by atoms with Gasteiger partial charge in [0.15, 0.2) is 0 Å². The predicted molar refractivity (Wildman–Crippen MR) is 65.4 cm³/mol. The molecule has 0 radical (unpaired) electrons. The molecule has 0 aliphatic heterocycles. The van der Waals surface area contributed by atoms with Gasteiger partial charge in [-0.2, -0.15) is 5.10 Å². The van der Waals surface area contributed by atoms with Crippen LogP contribution >= 0.6 is 11.6 Å². The molecule has 0 unspecified atom stereocenters. The maximum atomic E-state index is 9.11. The van der Waals surface area contributed by atoms with Gasteiger partial charge in [-0.15, -0.1) is 0 Å². The zero-order valence-corrected chi connectivity index (χ0v) is 10.4. The lowest BCUT2D eigenvalue weighted by molar-refractivity contribution is 0.275. The summed E-state index contributed by atoms with van der Waals surface area (Å²) in [5, 5.41) is 13.9. The Morgan fingerprint density at radius 2 is 2.24 bits per heavy atom. The maximum Gasteiger partial charge on any atom is 0.220 e. The van der Waals surface area contributed by atoms with Gasteiger partial charge in [0, 0.05) is 17.6 Å². The number of ether oxygens (including phenoxy) is 1. The van der Waals surface area contributed by atoms with Crippen molar-refractivity contribution in [1.29, 1.82) is 0 Å². The van der Waals surface area contributed by atoms with Gasteiger partial charge in [0.05, 0.1) is 12.3 Å². The highest BCUT2D eigenvalue weighted by molar-refractivity contribution is 6.30. The van der Waals surface area contributed by atoms with Crippen LogP contribution < -0.4 is 4.74 Å². The molecule has 0 saturated carbocycles. The van der Waals surface area contributed by atoms with Crippen molar-refractivity contribution in [2.75, 3.05) is 0 Å². The first kappa shape index (κ1) is 12.0. The SMILES string of the molecule is Cc1c(CO)nn(C)c1Oc1cccc(Cl)c1. The Morgan fingerprint density at radius 3 is 2.82 bits per heavy atom. The molecule has 2 rings (SSSR count). The van der Waals surface area contributed by atoms with Gasteiger partial charge in [-0.05, 0) is 25.1 Å². The monoisotopic (exact) mass is 252 g/mol. The maximum absolute atomic E-state index is 9.11. The molecule has 0 atom stereocenters. The summed E-state index contributed by atoms with van der Waals surface area (Å²) in [4.78, 5) is 0. The summed E-state index contributed by atoms with van der Waals surface area (Å²) < 4.78 is 7.31. The van der Waals surface area contributed by atoms with E-state index in [1.807, 2.05) is 19.1 Å². The molecule has 0 fully saturated rings. The summed E-state index contributed by atoms with van der Waals surface area (Å²) in [6.45, 7) is 1.76. The topological polar surface area (TPSA) is 47.3 Å². The number of aryl methyl sites for hydroxylation is 1. The number of rotatable bonds is 3. The zero-order chi connectivity index (χ0) is 12.4.